The number of morpholine rings is 1. The Morgan fingerprint density at radius 1 is 0.800 bits per heavy atom. The van der Waals surface area contributed by atoms with Crippen LogP contribution in [-0.2, 0) is 9.53 Å². The Balaban J connectivity index is 2.33. The fraction of sp³-hybridized carbons (Fsp3) is 0.968. The molecule has 35 heavy (non-hydrogen) atoms. The SMILES string of the molecule is CCCCCCCCCCCC(O)CN1CC(CCCCCCCCCC)OC(=O)C1CC(C)C. The summed E-state index contributed by atoms with van der Waals surface area (Å²) >= 11 is 0. The highest BCUT2D eigenvalue weighted by atomic mass is 16.5. The highest BCUT2D eigenvalue weighted by molar-refractivity contribution is 5.76. The Labute approximate surface area is 219 Å². The normalized spacial score (nSPS) is 19.9. The Kier molecular flexibility index (Phi) is 19.9. The molecule has 0 bridgehead atoms. The lowest BCUT2D eigenvalue weighted by atomic mass is 9.98. The molecule has 3 unspecified atom stereocenters. The molecule has 0 aromatic heterocycles. The second-order valence-electron chi connectivity index (χ2n) is 11.7. The van der Waals surface area contributed by atoms with Gasteiger partial charge in [-0.1, -0.05) is 130 Å². The standard InChI is InChI=1S/C31H61NO3/c1-5-7-9-11-13-15-16-18-20-22-28(33)25-32-26-29(35-31(34)30(32)24-27(3)4)23-21-19-17-14-12-10-8-6-2/h27-30,33H,5-26H2,1-4H3. The molecule has 0 aromatic rings. The van der Waals surface area contributed by atoms with Gasteiger partial charge in [-0.15, -0.1) is 0 Å². The minimum absolute atomic E-state index is 0.00841. The molecule has 0 spiro atoms. The van der Waals surface area contributed by atoms with Crippen LogP contribution in [0, 0.1) is 5.92 Å². The number of aliphatic hydroxyl groups excluding tert-OH is 1. The van der Waals surface area contributed by atoms with Gasteiger partial charge in [0.1, 0.15) is 12.1 Å². The largest absolute Gasteiger partial charge is 0.460 e. The molecule has 1 saturated heterocycles. The van der Waals surface area contributed by atoms with Crippen molar-refractivity contribution in [1.82, 2.24) is 4.90 Å². The monoisotopic (exact) mass is 495 g/mol. The predicted molar refractivity (Wildman–Crippen MR) is 150 cm³/mol. The van der Waals surface area contributed by atoms with E-state index in [0.717, 1.165) is 38.6 Å². The molecule has 1 heterocycles. The first-order valence-electron chi connectivity index (χ1n) is 15.6. The quantitative estimate of drug-likeness (QED) is 0.114. The first kappa shape index (κ1) is 32.4. The van der Waals surface area contributed by atoms with Crippen LogP contribution in [0.2, 0.25) is 0 Å². The fourth-order valence-electron chi connectivity index (χ4n) is 5.42. The summed E-state index contributed by atoms with van der Waals surface area (Å²) < 4.78 is 5.87. The summed E-state index contributed by atoms with van der Waals surface area (Å²) in [5, 5.41) is 10.8. The molecule has 3 atom stereocenters. The maximum absolute atomic E-state index is 12.8. The van der Waals surface area contributed by atoms with Crippen LogP contribution < -0.4 is 0 Å². The highest BCUT2D eigenvalue weighted by Crippen LogP contribution is 2.24. The summed E-state index contributed by atoms with van der Waals surface area (Å²) in [5.41, 5.74) is 0. The number of cyclic esters (lactones) is 1. The van der Waals surface area contributed by atoms with Crippen molar-refractivity contribution >= 4 is 5.97 Å². The summed E-state index contributed by atoms with van der Waals surface area (Å²) in [5.74, 6) is 0.374. The second kappa shape index (κ2) is 21.5. The zero-order valence-electron chi connectivity index (χ0n) is 24.1. The van der Waals surface area contributed by atoms with Gasteiger partial charge in [-0.2, -0.15) is 0 Å². The summed E-state index contributed by atoms with van der Waals surface area (Å²) in [6.45, 7) is 10.2. The lowest BCUT2D eigenvalue weighted by molar-refractivity contribution is -0.169. The number of carbonyl (C=O) groups is 1. The van der Waals surface area contributed by atoms with Crippen LogP contribution in [0.3, 0.4) is 0 Å². The van der Waals surface area contributed by atoms with E-state index in [1.807, 2.05) is 0 Å². The maximum atomic E-state index is 12.8. The Bertz CT molecular complexity index is 496. The van der Waals surface area contributed by atoms with Crippen LogP contribution >= 0.6 is 0 Å². The average Bonchev–Trinajstić information content (AvgIpc) is 2.81. The predicted octanol–water partition coefficient (Wildman–Crippen LogP) is 8.44. The van der Waals surface area contributed by atoms with E-state index in [2.05, 4.69) is 32.6 Å². The van der Waals surface area contributed by atoms with Crippen molar-refractivity contribution in [3.63, 3.8) is 0 Å². The first-order valence-corrected chi connectivity index (χ1v) is 15.6. The smallest absolute Gasteiger partial charge is 0.323 e. The molecule has 1 N–H and O–H groups in total. The van der Waals surface area contributed by atoms with Crippen LogP contribution in [0.4, 0.5) is 0 Å². The Hall–Kier alpha value is -0.610. The molecule has 1 fully saturated rings. The van der Waals surface area contributed by atoms with Crippen molar-refractivity contribution in [2.24, 2.45) is 5.92 Å². The van der Waals surface area contributed by atoms with Crippen LogP contribution in [0.25, 0.3) is 0 Å². The fourth-order valence-corrected chi connectivity index (χ4v) is 5.42. The maximum Gasteiger partial charge on any atom is 0.323 e. The second-order valence-corrected chi connectivity index (χ2v) is 11.7. The number of carbonyl (C=O) groups excluding carboxylic acids is 1. The number of ether oxygens (including phenoxy) is 1. The van der Waals surface area contributed by atoms with E-state index in [1.165, 1.54) is 96.3 Å². The summed E-state index contributed by atoms with van der Waals surface area (Å²) in [6, 6.07) is -0.192. The topological polar surface area (TPSA) is 49.8 Å². The van der Waals surface area contributed by atoms with Gasteiger partial charge in [-0.3, -0.25) is 9.69 Å². The van der Waals surface area contributed by atoms with Gasteiger partial charge < -0.3 is 9.84 Å². The van der Waals surface area contributed by atoms with Crippen molar-refractivity contribution in [2.45, 2.75) is 174 Å². The van der Waals surface area contributed by atoms with Gasteiger partial charge in [0.25, 0.3) is 0 Å². The van der Waals surface area contributed by atoms with Crippen LogP contribution in [-0.4, -0.2) is 47.3 Å². The molecule has 0 aliphatic carbocycles. The summed E-state index contributed by atoms with van der Waals surface area (Å²) in [4.78, 5) is 15.1. The first-order chi connectivity index (χ1) is 17.0. The number of β-amino-alcohol motifs (C(OH)–C–C–N with tert-alkyl or cyclic N) is 1. The third kappa shape index (κ3) is 16.7. The molecule has 0 radical (unpaired) electrons. The highest BCUT2D eigenvalue weighted by Gasteiger charge is 2.37. The molecule has 4 nitrogen and oxygen atoms in total. The summed E-state index contributed by atoms with van der Waals surface area (Å²) in [7, 11) is 0. The number of hydrogen-bond acceptors (Lipinski definition) is 4. The van der Waals surface area contributed by atoms with Gasteiger partial charge >= 0.3 is 5.97 Å². The third-order valence-electron chi connectivity index (χ3n) is 7.59. The molecule has 0 saturated carbocycles. The molecular weight excluding hydrogens is 434 g/mol. The lowest BCUT2D eigenvalue weighted by Crippen LogP contribution is -2.55. The number of unbranched alkanes of at least 4 members (excludes halogenated alkanes) is 15. The number of nitrogens with zero attached hydrogens (tertiary/aromatic N) is 1. The molecule has 0 amide bonds. The van der Waals surface area contributed by atoms with Crippen LogP contribution in [0.5, 0.6) is 0 Å². The minimum atomic E-state index is -0.344. The lowest BCUT2D eigenvalue weighted by Gasteiger charge is -2.40. The van der Waals surface area contributed by atoms with E-state index in [4.69, 9.17) is 4.74 Å². The number of hydrogen-bond donors (Lipinski definition) is 1. The Morgan fingerprint density at radius 3 is 1.80 bits per heavy atom. The van der Waals surface area contributed by atoms with Crippen molar-refractivity contribution < 1.29 is 14.6 Å². The van der Waals surface area contributed by atoms with E-state index in [0.29, 0.717) is 12.5 Å². The number of rotatable bonds is 23. The minimum Gasteiger partial charge on any atom is -0.460 e. The van der Waals surface area contributed by atoms with Crippen LogP contribution in [0.15, 0.2) is 0 Å². The van der Waals surface area contributed by atoms with E-state index in [1.54, 1.807) is 0 Å². The van der Waals surface area contributed by atoms with Gasteiger partial charge in [-0.05, 0) is 31.6 Å². The summed E-state index contributed by atoms with van der Waals surface area (Å²) in [6.07, 6.45) is 24.3. The van der Waals surface area contributed by atoms with E-state index < -0.39 is 0 Å². The molecule has 1 aliphatic heterocycles. The van der Waals surface area contributed by atoms with E-state index >= 15 is 0 Å². The van der Waals surface area contributed by atoms with Crippen molar-refractivity contribution in [3.8, 4) is 0 Å². The van der Waals surface area contributed by atoms with E-state index in [-0.39, 0.29) is 24.2 Å². The van der Waals surface area contributed by atoms with Crippen molar-refractivity contribution in [2.75, 3.05) is 13.1 Å². The van der Waals surface area contributed by atoms with Gasteiger partial charge in [-0.25, -0.2) is 0 Å². The molecule has 1 aliphatic rings. The molecular formula is C31H61NO3. The number of aliphatic hydroxyl groups is 1. The van der Waals surface area contributed by atoms with E-state index in [9.17, 15) is 9.90 Å². The van der Waals surface area contributed by atoms with Gasteiger partial charge in [0.05, 0.1) is 6.10 Å². The molecule has 4 heteroatoms. The van der Waals surface area contributed by atoms with Crippen molar-refractivity contribution in [3.05, 3.63) is 0 Å². The average molecular weight is 496 g/mol. The molecule has 1 rings (SSSR count). The zero-order valence-corrected chi connectivity index (χ0v) is 24.1. The Morgan fingerprint density at radius 2 is 1.29 bits per heavy atom. The van der Waals surface area contributed by atoms with Gasteiger partial charge in [0, 0.05) is 13.1 Å². The van der Waals surface area contributed by atoms with Crippen LogP contribution in [0.1, 0.15) is 156 Å². The van der Waals surface area contributed by atoms with Gasteiger partial charge in [0.15, 0.2) is 0 Å². The zero-order chi connectivity index (χ0) is 25.7. The number of esters is 1. The third-order valence-corrected chi connectivity index (χ3v) is 7.59. The molecule has 208 valence electrons. The van der Waals surface area contributed by atoms with Crippen molar-refractivity contribution in [1.29, 1.82) is 0 Å². The molecule has 0 aromatic carbocycles. The van der Waals surface area contributed by atoms with Gasteiger partial charge in [0.2, 0.25) is 0 Å².